The number of nitrogens with one attached hydrogen (secondary N) is 1. The number of amides is 2. The van der Waals surface area contributed by atoms with E-state index in [0.717, 1.165) is 24.0 Å². The van der Waals surface area contributed by atoms with Crippen molar-refractivity contribution in [3.05, 3.63) is 59.7 Å². The zero-order valence-electron chi connectivity index (χ0n) is 18.5. The fourth-order valence-electron chi connectivity index (χ4n) is 4.78. The van der Waals surface area contributed by atoms with E-state index in [2.05, 4.69) is 29.6 Å². The van der Waals surface area contributed by atoms with Crippen molar-refractivity contribution in [2.45, 2.75) is 43.6 Å². The minimum Gasteiger partial charge on any atom is -0.480 e. The molecule has 2 fully saturated rings. The molecule has 172 valence electrons. The fraction of sp³-hybridized carbons (Fsp3) is 0.423. The fourth-order valence-corrected chi connectivity index (χ4v) is 4.78. The first-order valence-corrected chi connectivity index (χ1v) is 11.6. The van der Waals surface area contributed by atoms with Crippen molar-refractivity contribution >= 4 is 18.0 Å². The third-order valence-electron chi connectivity index (χ3n) is 6.91. The molecule has 0 spiro atoms. The standard InChI is InChI=1S/C26H28N2O5/c29-23(28(15-24(30)31)14-17-9-10-17)13-26(11-12-26)27-25(32)33-16-22-20-7-3-1-5-18(20)19-6-2-4-8-21(19)22/h1-8,17,22H,9-16H2,(H,27,32)(H,30,31). The van der Waals surface area contributed by atoms with Gasteiger partial charge in [0, 0.05) is 12.5 Å². The summed E-state index contributed by atoms with van der Waals surface area (Å²) in [5.74, 6) is -0.859. The molecule has 2 aromatic rings. The molecule has 0 radical (unpaired) electrons. The lowest BCUT2D eigenvalue weighted by atomic mass is 9.98. The molecule has 7 heteroatoms. The van der Waals surface area contributed by atoms with Crippen LogP contribution in [0.3, 0.4) is 0 Å². The largest absolute Gasteiger partial charge is 0.480 e. The number of carboxylic acid groups (broad SMARTS) is 1. The van der Waals surface area contributed by atoms with Crippen LogP contribution in [0.25, 0.3) is 11.1 Å². The zero-order valence-corrected chi connectivity index (χ0v) is 18.5. The van der Waals surface area contributed by atoms with Crippen molar-refractivity contribution in [2.75, 3.05) is 19.7 Å². The normalized spacial score (nSPS) is 17.6. The number of fused-ring (bicyclic) bond motifs is 3. The second kappa shape index (κ2) is 8.54. The molecule has 2 saturated carbocycles. The van der Waals surface area contributed by atoms with Crippen LogP contribution in [0.2, 0.25) is 0 Å². The number of rotatable bonds is 9. The summed E-state index contributed by atoms with van der Waals surface area (Å²) in [5.41, 5.74) is 4.00. The second-order valence-electron chi connectivity index (χ2n) is 9.52. The van der Waals surface area contributed by atoms with Gasteiger partial charge in [-0.05, 0) is 53.9 Å². The molecule has 0 aromatic heterocycles. The molecule has 0 atom stereocenters. The van der Waals surface area contributed by atoms with Gasteiger partial charge in [-0.2, -0.15) is 0 Å². The number of benzene rings is 2. The summed E-state index contributed by atoms with van der Waals surface area (Å²) in [6.07, 6.45) is 3.02. The number of nitrogens with zero attached hydrogens (tertiary/aromatic N) is 1. The molecule has 0 saturated heterocycles. The van der Waals surface area contributed by atoms with Gasteiger partial charge in [-0.1, -0.05) is 48.5 Å². The molecule has 5 rings (SSSR count). The Bertz CT molecular complexity index is 1040. The molecule has 3 aliphatic rings. The highest BCUT2D eigenvalue weighted by Crippen LogP contribution is 2.45. The van der Waals surface area contributed by atoms with E-state index >= 15 is 0 Å². The predicted molar refractivity (Wildman–Crippen MR) is 122 cm³/mol. The van der Waals surface area contributed by atoms with Crippen LogP contribution < -0.4 is 5.32 Å². The van der Waals surface area contributed by atoms with Gasteiger partial charge in [-0.15, -0.1) is 0 Å². The number of hydrogen-bond donors (Lipinski definition) is 2. The van der Waals surface area contributed by atoms with Gasteiger partial charge in [0.05, 0.1) is 12.0 Å². The Morgan fingerprint density at radius 3 is 2.15 bits per heavy atom. The Labute approximate surface area is 192 Å². The van der Waals surface area contributed by atoms with Crippen molar-refractivity contribution < 1.29 is 24.2 Å². The molecule has 33 heavy (non-hydrogen) atoms. The van der Waals surface area contributed by atoms with Crippen molar-refractivity contribution in [1.29, 1.82) is 0 Å². The highest BCUT2D eigenvalue weighted by molar-refractivity contribution is 5.83. The lowest BCUT2D eigenvalue weighted by Crippen LogP contribution is -2.44. The maximum absolute atomic E-state index is 12.8. The average molecular weight is 449 g/mol. The quantitative estimate of drug-likeness (QED) is 0.609. The summed E-state index contributed by atoms with van der Waals surface area (Å²) in [7, 11) is 0. The van der Waals surface area contributed by atoms with Crippen LogP contribution in [0.4, 0.5) is 4.79 Å². The third-order valence-corrected chi connectivity index (χ3v) is 6.91. The molecule has 0 heterocycles. The lowest BCUT2D eigenvalue weighted by Gasteiger charge is -2.24. The maximum Gasteiger partial charge on any atom is 0.407 e. The third kappa shape index (κ3) is 4.72. The van der Waals surface area contributed by atoms with Gasteiger partial charge in [-0.3, -0.25) is 9.59 Å². The van der Waals surface area contributed by atoms with E-state index < -0.39 is 17.6 Å². The van der Waals surface area contributed by atoms with Crippen molar-refractivity contribution in [3.8, 4) is 11.1 Å². The lowest BCUT2D eigenvalue weighted by molar-refractivity contribution is -0.145. The van der Waals surface area contributed by atoms with Crippen LogP contribution >= 0.6 is 0 Å². The number of carbonyl (C=O) groups excluding carboxylic acids is 2. The van der Waals surface area contributed by atoms with Gasteiger partial charge >= 0.3 is 12.1 Å². The zero-order chi connectivity index (χ0) is 23.0. The first-order valence-electron chi connectivity index (χ1n) is 11.6. The van der Waals surface area contributed by atoms with Crippen LogP contribution in [-0.2, 0) is 14.3 Å². The van der Waals surface area contributed by atoms with E-state index in [1.165, 1.54) is 16.0 Å². The monoisotopic (exact) mass is 448 g/mol. The van der Waals surface area contributed by atoms with Gasteiger partial charge in [-0.25, -0.2) is 4.79 Å². The number of ether oxygens (including phenoxy) is 1. The topological polar surface area (TPSA) is 95.9 Å². The Morgan fingerprint density at radius 2 is 1.61 bits per heavy atom. The second-order valence-corrected chi connectivity index (χ2v) is 9.52. The van der Waals surface area contributed by atoms with Crippen LogP contribution in [-0.4, -0.2) is 53.2 Å². The number of carbonyl (C=O) groups is 3. The highest BCUT2D eigenvalue weighted by atomic mass is 16.5. The van der Waals surface area contributed by atoms with Crippen molar-refractivity contribution in [3.63, 3.8) is 0 Å². The Balaban J connectivity index is 1.19. The molecule has 3 aliphatic carbocycles. The highest BCUT2D eigenvalue weighted by Gasteiger charge is 2.47. The molecule has 2 amide bonds. The van der Waals surface area contributed by atoms with Crippen LogP contribution in [0.5, 0.6) is 0 Å². The van der Waals surface area contributed by atoms with E-state index in [1.54, 1.807) is 0 Å². The van der Waals surface area contributed by atoms with E-state index in [1.807, 2.05) is 24.3 Å². The smallest absolute Gasteiger partial charge is 0.407 e. The molecule has 0 aliphatic heterocycles. The molecular formula is C26H28N2O5. The molecule has 0 unspecified atom stereocenters. The summed E-state index contributed by atoms with van der Waals surface area (Å²) in [4.78, 5) is 38.0. The first kappa shape index (κ1) is 21.5. The number of aliphatic carboxylic acids is 1. The summed E-state index contributed by atoms with van der Waals surface area (Å²) in [6, 6.07) is 16.3. The van der Waals surface area contributed by atoms with Gasteiger partial charge in [0.25, 0.3) is 0 Å². The summed E-state index contributed by atoms with van der Waals surface area (Å²) >= 11 is 0. The van der Waals surface area contributed by atoms with Gasteiger partial charge in [0.2, 0.25) is 5.91 Å². The van der Waals surface area contributed by atoms with Crippen LogP contribution in [0.15, 0.2) is 48.5 Å². The minimum atomic E-state index is -1.02. The number of hydrogen-bond acceptors (Lipinski definition) is 4. The average Bonchev–Trinajstić information content (AvgIpc) is 3.72. The first-order chi connectivity index (χ1) is 15.9. The Kier molecular flexibility index (Phi) is 5.56. The van der Waals surface area contributed by atoms with E-state index in [9.17, 15) is 14.4 Å². The summed E-state index contributed by atoms with van der Waals surface area (Å²) < 4.78 is 5.63. The molecule has 0 bridgehead atoms. The van der Waals surface area contributed by atoms with E-state index in [0.29, 0.717) is 25.3 Å². The molecule has 2 N–H and O–H groups in total. The minimum absolute atomic E-state index is 0.0236. The predicted octanol–water partition coefficient (Wildman–Crippen LogP) is 3.77. The molecule has 7 nitrogen and oxygen atoms in total. The Morgan fingerprint density at radius 1 is 1.00 bits per heavy atom. The van der Waals surface area contributed by atoms with Gasteiger partial charge in [0.15, 0.2) is 0 Å². The molecular weight excluding hydrogens is 420 g/mol. The van der Waals surface area contributed by atoms with Crippen molar-refractivity contribution in [2.24, 2.45) is 5.92 Å². The van der Waals surface area contributed by atoms with Crippen LogP contribution in [0.1, 0.15) is 49.1 Å². The number of alkyl carbamates (subject to hydrolysis) is 1. The summed E-state index contributed by atoms with van der Waals surface area (Å²) in [5, 5.41) is 12.0. The Hall–Kier alpha value is -3.35. The van der Waals surface area contributed by atoms with Crippen molar-refractivity contribution in [1.82, 2.24) is 10.2 Å². The van der Waals surface area contributed by atoms with Crippen LogP contribution in [0, 0.1) is 5.92 Å². The van der Waals surface area contributed by atoms with E-state index in [-0.39, 0.29) is 31.4 Å². The molecule has 2 aromatic carbocycles. The number of carboxylic acids is 1. The van der Waals surface area contributed by atoms with Gasteiger partial charge < -0.3 is 20.1 Å². The SMILES string of the molecule is O=C(O)CN(CC1CC1)C(=O)CC1(NC(=O)OCC2c3ccccc3-c3ccccc32)CC1. The van der Waals surface area contributed by atoms with Gasteiger partial charge in [0.1, 0.15) is 13.2 Å². The maximum atomic E-state index is 12.8. The van der Waals surface area contributed by atoms with E-state index in [4.69, 9.17) is 9.84 Å². The summed E-state index contributed by atoms with van der Waals surface area (Å²) in [6.45, 7) is 0.402.